The van der Waals surface area contributed by atoms with Gasteiger partial charge in [-0.2, -0.15) is 10.4 Å². The van der Waals surface area contributed by atoms with E-state index < -0.39 is 0 Å². The minimum Gasteiger partial charge on any atom is -0.367 e. The van der Waals surface area contributed by atoms with E-state index >= 15 is 0 Å². The van der Waals surface area contributed by atoms with Gasteiger partial charge >= 0.3 is 6.03 Å². The summed E-state index contributed by atoms with van der Waals surface area (Å²) in [5, 5.41) is 19.8. The van der Waals surface area contributed by atoms with Crippen LogP contribution >= 0.6 is 0 Å². The molecule has 2 N–H and O–H groups in total. The minimum atomic E-state index is -0.117. The van der Waals surface area contributed by atoms with E-state index in [4.69, 9.17) is 5.26 Å². The maximum absolute atomic E-state index is 13.5. The largest absolute Gasteiger partial charge is 0.367 e. The van der Waals surface area contributed by atoms with Crippen LogP contribution in [-0.2, 0) is 13.6 Å². The zero-order valence-corrected chi connectivity index (χ0v) is 21.3. The van der Waals surface area contributed by atoms with Crippen LogP contribution in [0.15, 0.2) is 79.5 Å². The summed E-state index contributed by atoms with van der Waals surface area (Å²) in [5.74, 6) is 0.768. The van der Waals surface area contributed by atoms with Crippen molar-refractivity contribution in [2.75, 3.05) is 10.2 Å². The van der Waals surface area contributed by atoms with Crippen molar-refractivity contribution < 1.29 is 4.79 Å². The van der Waals surface area contributed by atoms with Crippen molar-refractivity contribution in [3.63, 3.8) is 0 Å². The zero-order valence-electron chi connectivity index (χ0n) is 21.3. The number of urea groups is 1. The first kappa shape index (κ1) is 25.0. The molecule has 1 aliphatic rings. The normalized spacial score (nSPS) is 16.8. The molecule has 5 rings (SSSR count). The van der Waals surface area contributed by atoms with E-state index in [1.807, 2.05) is 66.8 Å². The summed E-state index contributed by atoms with van der Waals surface area (Å²) in [4.78, 5) is 23.9. The highest BCUT2D eigenvalue weighted by atomic mass is 16.2. The standard InChI is InChI=1S/C29H30N8O/c1-36-20-24(19-34-36)23-5-9-26(10-6-23)37(29(38)33-18-22-3-2-14-31-16-22)27-11-7-25(8-12-27)35-28-13-4-21(15-30)17-32-28/h2-6,9-10,13-14,16-17,19-20,25,27H,7-8,11-12,18H2,1H3,(H,32,35)(H,33,38). The SMILES string of the molecule is Cn1cc(-c2ccc(N(C(=O)NCc3cccnc3)C3CCC(Nc4ccc(C#N)cn4)CC3)cc2)cn1. The summed E-state index contributed by atoms with van der Waals surface area (Å²) in [6.45, 7) is 0.415. The Balaban J connectivity index is 1.29. The summed E-state index contributed by atoms with van der Waals surface area (Å²) in [7, 11) is 1.90. The molecule has 0 radical (unpaired) electrons. The number of carbonyl (C=O) groups excluding carboxylic acids is 1. The van der Waals surface area contributed by atoms with Gasteiger partial charge in [0.1, 0.15) is 11.9 Å². The molecule has 1 aliphatic carbocycles. The van der Waals surface area contributed by atoms with Gasteiger partial charge in [-0.25, -0.2) is 9.78 Å². The molecule has 2 amide bonds. The second-order valence-corrected chi connectivity index (χ2v) is 9.53. The Morgan fingerprint density at radius 3 is 2.50 bits per heavy atom. The number of aryl methyl sites for hydroxylation is 1. The molecule has 1 saturated carbocycles. The van der Waals surface area contributed by atoms with Gasteiger partial charge in [-0.05, 0) is 67.1 Å². The molecule has 9 heteroatoms. The first-order chi connectivity index (χ1) is 18.6. The van der Waals surface area contributed by atoms with Gasteiger partial charge in [-0.1, -0.05) is 18.2 Å². The molecule has 38 heavy (non-hydrogen) atoms. The molecule has 3 aromatic heterocycles. The average molecular weight is 507 g/mol. The van der Waals surface area contributed by atoms with Crippen LogP contribution in [0.1, 0.15) is 36.8 Å². The first-order valence-electron chi connectivity index (χ1n) is 12.8. The van der Waals surface area contributed by atoms with Crippen molar-refractivity contribution in [3.05, 3.63) is 90.6 Å². The highest BCUT2D eigenvalue weighted by molar-refractivity contribution is 5.93. The first-order valence-corrected chi connectivity index (χ1v) is 12.8. The van der Waals surface area contributed by atoms with Crippen molar-refractivity contribution in [1.29, 1.82) is 5.26 Å². The number of anilines is 2. The second-order valence-electron chi connectivity index (χ2n) is 9.53. The van der Waals surface area contributed by atoms with Crippen molar-refractivity contribution in [1.82, 2.24) is 25.1 Å². The number of hydrogen-bond donors (Lipinski definition) is 2. The highest BCUT2D eigenvalue weighted by Gasteiger charge is 2.30. The quantitative estimate of drug-likeness (QED) is 0.369. The van der Waals surface area contributed by atoms with Gasteiger partial charge in [0.15, 0.2) is 0 Å². The molecule has 4 aromatic rings. The van der Waals surface area contributed by atoms with Gasteiger partial charge in [0.05, 0.1) is 11.8 Å². The van der Waals surface area contributed by atoms with Crippen LogP contribution in [0.4, 0.5) is 16.3 Å². The van der Waals surface area contributed by atoms with Crippen LogP contribution in [0.5, 0.6) is 0 Å². The van der Waals surface area contributed by atoms with E-state index in [1.165, 1.54) is 0 Å². The van der Waals surface area contributed by atoms with Crippen LogP contribution in [0.25, 0.3) is 11.1 Å². The number of rotatable bonds is 7. The molecule has 0 unspecified atom stereocenters. The van der Waals surface area contributed by atoms with Gasteiger partial charge in [0, 0.05) is 61.7 Å². The van der Waals surface area contributed by atoms with Gasteiger partial charge in [0.2, 0.25) is 0 Å². The number of amides is 2. The smallest absolute Gasteiger partial charge is 0.322 e. The molecule has 0 bridgehead atoms. The van der Waals surface area contributed by atoms with E-state index in [0.717, 1.165) is 53.9 Å². The third kappa shape index (κ3) is 5.98. The summed E-state index contributed by atoms with van der Waals surface area (Å²) >= 11 is 0. The molecule has 1 fully saturated rings. The van der Waals surface area contributed by atoms with Crippen LogP contribution < -0.4 is 15.5 Å². The maximum Gasteiger partial charge on any atom is 0.322 e. The lowest BCUT2D eigenvalue weighted by atomic mass is 9.89. The van der Waals surface area contributed by atoms with Crippen LogP contribution in [-0.4, -0.2) is 37.9 Å². The summed E-state index contributed by atoms with van der Waals surface area (Å²) < 4.78 is 1.78. The van der Waals surface area contributed by atoms with E-state index in [0.29, 0.717) is 12.1 Å². The molecule has 1 aromatic carbocycles. The minimum absolute atomic E-state index is 0.0696. The molecule has 3 heterocycles. The Morgan fingerprint density at radius 1 is 1.05 bits per heavy atom. The average Bonchev–Trinajstić information content (AvgIpc) is 3.40. The molecule has 9 nitrogen and oxygen atoms in total. The van der Waals surface area contributed by atoms with Crippen LogP contribution in [0, 0.1) is 11.3 Å². The fourth-order valence-corrected chi connectivity index (χ4v) is 4.88. The van der Waals surface area contributed by atoms with Crippen molar-refractivity contribution in [3.8, 4) is 17.2 Å². The Morgan fingerprint density at radius 2 is 1.87 bits per heavy atom. The molecule has 0 aliphatic heterocycles. The maximum atomic E-state index is 13.5. The van der Waals surface area contributed by atoms with Gasteiger partial charge in [0.25, 0.3) is 0 Å². The predicted molar refractivity (Wildman–Crippen MR) is 146 cm³/mol. The monoisotopic (exact) mass is 506 g/mol. The number of nitrogens with one attached hydrogen (secondary N) is 2. The van der Waals surface area contributed by atoms with Crippen molar-refractivity contribution in [2.24, 2.45) is 7.05 Å². The van der Waals surface area contributed by atoms with Gasteiger partial charge < -0.3 is 10.6 Å². The number of pyridine rings is 2. The molecular weight excluding hydrogens is 476 g/mol. The molecule has 0 spiro atoms. The van der Waals surface area contributed by atoms with Gasteiger partial charge in [-0.15, -0.1) is 0 Å². The number of nitriles is 1. The van der Waals surface area contributed by atoms with Crippen LogP contribution in [0.2, 0.25) is 0 Å². The highest BCUT2D eigenvalue weighted by Crippen LogP contribution is 2.31. The molecular formula is C29H30N8O. The third-order valence-corrected chi connectivity index (χ3v) is 6.88. The third-order valence-electron chi connectivity index (χ3n) is 6.88. The zero-order chi connectivity index (χ0) is 26.3. The summed E-state index contributed by atoms with van der Waals surface area (Å²) in [6.07, 6.45) is 12.4. The molecule has 0 saturated heterocycles. The van der Waals surface area contributed by atoms with Crippen molar-refractivity contribution >= 4 is 17.5 Å². The Hall–Kier alpha value is -4.71. The lowest BCUT2D eigenvalue weighted by molar-refractivity contribution is 0.240. The lowest BCUT2D eigenvalue weighted by Crippen LogP contribution is -2.48. The Kier molecular flexibility index (Phi) is 7.59. The Labute approximate surface area is 222 Å². The number of carbonyl (C=O) groups is 1. The summed E-state index contributed by atoms with van der Waals surface area (Å²) in [5.41, 5.74) is 4.46. The topological polar surface area (TPSA) is 112 Å². The van der Waals surface area contributed by atoms with Crippen LogP contribution in [0.3, 0.4) is 0 Å². The fraction of sp³-hybridized carbons (Fsp3) is 0.276. The molecule has 192 valence electrons. The van der Waals surface area contributed by atoms with E-state index in [-0.39, 0.29) is 18.1 Å². The summed E-state index contributed by atoms with van der Waals surface area (Å²) in [6, 6.07) is 17.8. The number of aromatic nitrogens is 4. The second kappa shape index (κ2) is 11.6. The van der Waals surface area contributed by atoms with E-state index in [2.05, 4.69) is 31.8 Å². The predicted octanol–water partition coefficient (Wildman–Crippen LogP) is 4.89. The van der Waals surface area contributed by atoms with Crippen molar-refractivity contribution in [2.45, 2.75) is 44.3 Å². The Bertz CT molecular complexity index is 1390. The molecule has 0 atom stereocenters. The van der Waals surface area contributed by atoms with E-state index in [1.54, 1.807) is 29.3 Å². The number of nitrogens with zero attached hydrogens (tertiary/aromatic N) is 6. The lowest BCUT2D eigenvalue weighted by Gasteiger charge is -2.37. The number of benzene rings is 1. The number of hydrogen-bond acceptors (Lipinski definition) is 6. The van der Waals surface area contributed by atoms with Gasteiger partial charge in [-0.3, -0.25) is 14.6 Å². The fourth-order valence-electron chi connectivity index (χ4n) is 4.88. The van der Waals surface area contributed by atoms with E-state index in [9.17, 15) is 4.79 Å².